The van der Waals surface area contributed by atoms with Crippen molar-refractivity contribution in [1.29, 1.82) is 0 Å². The lowest BCUT2D eigenvalue weighted by Gasteiger charge is -2.37. The van der Waals surface area contributed by atoms with Crippen LogP contribution in [0.3, 0.4) is 0 Å². The number of rotatable bonds is 12. The van der Waals surface area contributed by atoms with Crippen molar-refractivity contribution in [3.63, 3.8) is 0 Å². The summed E-state index contributed by atoms with van der Waals surface area (Å²) in [6.07, 6.45) is 6.80. The van der Waals surface area contributed by atoms with Gasteiger partial charge >= 0.3 is 0 Å². The van der Waals surface area contributed by atoms with E-state index in [0.717, 1.165) is 10.9 Å². The van der Waals surface area contributed by atoms with Crippen LogP contribution in [0, 0.1) is 5.82 Å². The molecule has 0 spiro atoms. The van der Waals surface area contributed by atoms with Crippen LogP contribution in [0.25, 0.3) is 10.9 Å². The highest BCUT2D eigenvalue weighted by atomic mass is 35.5. The maximum Gasteiger partial charge on any atom is 0.155 e. The third-order valence-corrected chi connectivity index (χ3v) is 8.55. The maximum atomic E-state index is 13.5. The van der Waals surface area contributed by atoms with Crippen LogP contribution in [-0.4, -0.2) is 50.1 Å². The second-order valence-electron chi connectivity index (χ2n) is 10.4. The summed E-state index contributed by atoms with van der Waals surface area (Å²) in [6.45, 7) is 2.41. The summed E-state index contributed by atoms with van der Waals surface area (Å²) in [7, 11) is -1.54. The van der Waals surface area contributed by atoms with Crippen molar-refractivity contribution in [3.8, 4) is 11.5 Å². The number of fused-ring (bicyclic) bond motifs is 1. The van der Waals surface area contributed by atoms with Crippen LogP contribution in [0.15, 0.2) is 73.3 Å². The maximum absolute atomic E-state index is 13.5. The van der Waals surface area contributed by atoms with Gasteiger partial charge in [0.25, 0.3) is 0 Å². The van der Waals surface area contributed by atoms with E-state index in [1.54, 1.807) is 37.6 Å². The number of anilines is 2. The molecular formula is C31H32ClFN4O5S. The van der Waals surface area contributed by atoms with E-state index in [-0.39, 0.29) is 30.8 Å². The van der Waals surface area contributed by atoms with E-state index in [1.807, 2.05) is 31.2 Å². The Hall–Kier alpha value is -3.93. The van der Waals surface area contributed by atoms with E-state index in [2.05, 4.69) is 20.6 Å². The first kappa shape index (κ1) is 30.5. The summed E-state index contributed by atoms with van der Waals surface area (Å²) < 4.78 is 54.7. The molecule has 1 aliphatic rings. The molecule has 0 saturated carbocycles. The lowest BCUT2D eigenvalue weighted by molar-refractivity contribution is 0.00696. The Morgan fingerprint density at radius 2 is 1.98 bits per heavy atom. The van der Waals surface area contributed by atoms with Crippen LogP contribution in [0.4, 0.5) is 15.9 Å². The van der Waals surface area contributed by atoms with Crippen molar-refractivity contribution >= 4 is 43.8 Å². The van der Waals surface area contributed by atoms with E-state index in [1.165, 1.54) is 24.7 Å². The summed E-state index contributed by atoms with van der Waals surface area (Å²) in [6, 6.07) is 15.0. The number of hydrogen-bond acceptors (Lipinski definition) is 9. The number of benzene rings is 3. The van der Waals surface area contributed by atoms with Crippen LogP contribution in [0.1, 0.15) is 24.5 Å². The van der Waals surface area contributed by atoms with E-state index >= 15 is 0 Å². The molecule has 0 aliphatic carbocycles. The molecule has 43 heavy (non-hydrogen) atoms. The van der Waals surface area contributed by atoms with Crippen LogP contribution >= 0.6 is 11.6 Å². The monoisotopic (exact) mass is 626 g/mol. The van der Waals surface area contributed by atoms with Gasteiger partial charge in [0.05, 0.1) is 29.7 Å². The first-order chi connectivity index (χ1) is 20.6. The fourth-order valence-corrected chi connectivity index (χ4v) is 5.78. The third-order valence-electron chi connectivity index (χ3n) is 7.31. The normalized spacial score (nSPS) is 17.0. The van der Waals surface area contributed by atoms with Gasteiger partial charge < -0.3 is 24.8 Å². The van der Waals surface area contributed by atoms with Crippen molar-refractivity contribution < 1.29 is 27.0 Å². The molecule has 2 atom stereocenters. The second-order valence-corrected chi connectivity index (χ2v) is 13.0. The zero-order chi connectivity index (χ0) is 30.6. The molecule has 0 radical (unpaired) electrons. The van der Waals surface area contributed by atoms with Gasteiger partial charge in [-0.2, -0.15) is 0 Å². The van der Waals surface area contributed by atoms with Crippen molar-refractivity contribution in [2.45, 2.75) is 31.6 Å². The van der Waals surface area contributed by atoms with Crippen molar-refractivity contribution in [3.05, 3.63) is 95.2 Å². The van der Waals surface area contributed by atoms with Gasteiger partial charge in [-0.25, -0.2) is 22.8 Å². The minimum Gasteiger partial charge on any atom is -0.496 e. The number of ether oxygens (including phenoxy) is 3. The minimum atomic E-state index is -3.13. The molecule has 5 rings (SSSR count). The highest BCUT2D eigenvalue weighted by Crippen LogP contribution is 2.44. The fraction of sp³-hybridized carbons (Fsp3) is 0.290. The Labute approximate surface area is 255 Å². The molecule has 2 unspecified atom stereocenters. The van der Waals surface area contributed by atoms with Crippen LogP contribution < -0.4 is 20.1 Å². The van der Waals surface area contributed by atoms with Gasteiger partial charge in [0.1, 0.15) is 45.9 Å². The highest BCUT2D eigenvalue weighted by Gasteiger charge is 2.43. The molecule has 9 nitrogen and oxygen atoms in total. The summed E-state index contributed by atoms with van der Waals surface area (Å²) in [4.78, 5) is 8.95. The quantitative estimate of drug-likeness (QED) is 0.198. The Morgan fingerprint density at radius 1 is 1.14 bits per heavy atom. The summed E-state index contributed by atoms with van der Waals surface area (Å²) in [5, 5.41) is 7.74. The SMILES string of the molecule is COc1cc2ncnc(Nc3ccc(OCc4cccc(F)c4)c(Cl)c3)c2cc1C1(C(C)NCCS(C)(=O)=O)CC=CO1. The number of hydrogen-bond donors (Lipinski definition) is 2. The van der Waals surface area contributed by atoms with Crippen molar-refractivity contribution in [2.75, 3.05) is 31.0 Å². The van der Waals surface area contributed by atoms with Gasteiger partial charge in [-0.05, 0) is 55.0 Å². The topological polar surface area (TPSA) is 112 Å². The van der Waals surface area contributed by atoms with Crippen molar-refractivity contribution in [2.24, 2.45) is 0 Å². The molecule has 0 bridgehead atoms. The molecule has 1 aromatic heterocycles. The van der Waals surface area contributed by atoms with Gasteiger partial charge in [-0.3, -0.25) is 0 Å². The van der Waals surface area contributed by atoms with E-state index < -0.39 is 15.4 Å². The average Bonchev–Trinajstić information content (AvgIpc) is 3.47. The molecule has 0 fully saturated rings. The smallest absolute Gasteiger partial charge is 0.155 e. The first-order valence-corrected chi connectivity index (χ1v) is 16.0. The Balaban J connectivity index is 1.43. The molecule has 0 amide bonds. The number of nitrogens with zero attached hydrogens (tertiary/aromatic N) is 2. The lowest BCUT2D eigenvalue weighted by atomic mass is 9.83. The molecule has 0 saturated heterocycles. The Kier molecular flexibility index (Phi) is 9.05. The number of halogens is 2. The highest BCUT2D eigenvalue weighted by molar-refractivity contribution is 7.90. The average molecular weight is 627 g/mol. The molecule has 4 aromatic rings. The standard InChI is InChI=1S/C31H32ClFN4O5S/c1-20(34-11-13-43(3,38)39)31(10-5-12-42-31)25-16-24-27(17-29(25)40-2)35-19-36-30(24)37-23-8-9-28(26(32)15-23)41-18-21-6-4-7-22(33)14-21/h4-9,12,14-17,19-20,34H,10-11,13,18H2,1-3H3,(H,35,36,37). The molecule has 12 heteroatoms. The van der Waals surface area contributed by atoms with Gasteiger partial charge in [-0.1, -0.05) is 23.7 Å². The van der Waals surface area contributed by atoms with Gasteiger partial charge in [0, 0.05) is 48.0 Å². The predicted molar refractivity (Wildman–Crippen MR) is 165 cm³/mol. The van der Waals surface area contributed by atoms with Crippen LogP contribution in [-0.2, 0) is 26.8 Å². The summed E-state index contributed by atoms with van der Waals surface area (Å²) in [5.74, 6) is 1.26. The number of nitrogens with one attached hydrogen (secondary N) is 2. The van der Waals surface area contributed by atoms with Gasteiger partial charge in [-0.15, -0.1) is 0 Å². The lowest BCUT2D eigenvalue weighted by Crippen LogP contribution is -2.47. The molecule has 1 aliphatic heterocycles. The number of methoxy groups -OCH3 is 1. The third kappa shape index (κ3) is 7.01. The van der Waals surface area contributed by atoms with Crippen molar-refractivity contribution in [1.82, 2.24) is 15.3 Å². The van der Waals surface area contributed by atoms with E-state index in [4.69, 9.17) is 25.8 Å². The minimum absolute atomic E-state index is 0.00874. The van der Waals surface area contributed by atoms with Gasteiger partial charge in [0.15, 0.2) is 5.60 Å². The molecule has 226 valence electrons. The second kappa shape index (κ2) is 12.7. The fourth-order valence-electron chi connectivity index (χ4n) is 5.06. The summed E-state index contributed by atoms with van der Waals surface area (Å²) >= 11 is 6.53. The van der Waals surface area contributed by atoms with Gasteiger partial charge in [0.2, 0.25) is 0 Å². The molecule has 2 heterocycles. The zero-order valence-electron chi connectivity index (χ0n) is 23.9. The van der Waals surface area contributed by atoms with Crippen LogP contribution in [0.2, 0.25) is 5.02 Å². The number of sulfone groups is 1. The molecule has 2 N–H and O–H groups in total. The predicted octanol–water partition coefficient (Wildman–Crippen LogP) is 5.91. The Bertz CT molecular complexity index is 1760. The Morgan fingerprint density at radius 3 is 2.67 bits per heavy atom. The largest absolute Gasteiger partial charge is 0.496 e. The van der Waals surface area contributed by atoms with Crippen LogP contribution in [0.5, 0.6) is 11.5 Å². The molecular weight excluding hydrogens is 595 g/mol. The van der Waals surface area contributed by atoms with E-state index in [9.17, 15) is 12.8 Å². The zero-order valence-corrected chi connectivity index (χ0v) is 25.5. The summed E-state index contributed by atoms with van der Waals surface area (Å²) in [5.41, 5.74) is 1.93. The number of aromatic nitrogens is 2. The first-order valence-electron chi connectivity index (χ1n) is 13.6. The molecule has 3 aromatic carbocycles. The van der Waals surface area contributed by atoms with E-state index in [0.29, 0.717) is 45.5 Å².